The van der Waals surface area contributed by atoms with Crippen LogP contribution in [0.4, 0.5) is 51.2 Å². The van der Waals surface area contributed by atoms with E-state index in [1.165, 1.54) is 48.3 Å². The van der Waals surface area contributed by atoms with E-state index in [1.807, 2.05) is 72.4 Å². The lowest BCUT2D eigenvalue weighted by Crippen LogP contribution is -2.64. The molecule has 0 spiro atoms. The van der Waals surface area contributed by atoms with Crippen LogP contribution in [0.1, 0.15) is 0 Å². The maximum atomic E-state index is 6.82. The molecule has 0 radical (unpaired) electrons. The lowest BCUT2D eigenvalue weighted by Gasteiger charge is -2.45. The summed E-state index contributed by atoms with van der Waals surface area (Å²) in [6.07, 6.45) is 0. The van der Waals surface area contributed by atoms with E-state index < -0.39 is 0 Å². The molecule has 10 aromatic rings. The number of hydrogen-bond donors (Lipinski definition) is 0. The van der Waals surface area contributed by atoms with E-state index in [4.69, 9.17) is 9.47 Å². The molecular weight excluding hydrogens is 848 g/mol. The second kappa shape index (κ2) is 15.7. The highest BCUT2D eigenvalue weighted by atomic mass is 32.2. The van der Waals surface area contributed by atoms with Gasteiger partial charge in [-0.05, 0) is 112 Å². The molecule has 318 valence electrons. The van der Waals surface area contributed by atoms with E-state index in [0.29, 0.717) is 0 Å². The molecule has 0 fully saturated rings. The van der Waals surface area contributed by atoms with E-state index in [9.17, 15) is 0 Å². The molecule has 4 heterocycles. The first-order valence-electron chi connectivity index (χ1n) is 23.1. The van der Waals surface area contributed by atoms with Gasteiger partial charge in [-0.3, -0.25) is 0 Å². The molecule has 0 atom stereocenters. The van der Waals surface area contributed by atoms with E-state index in [1.54, 1.807) is 0 Å². The van der Waals surface area contributed by atoms with Crippen LogP contribution in [0.5, 0.6) is 23.0 Å². The molecule has 0 amide bonds. The molecular formula is C60H39B2N3O2S. The van der Waals surface area contributed by atoms with E-state index in [-0.39, 0.29) is 13.4 Å². The van der Waals surface area contributed by atoms with Gasteiger partial charge in [-0.25, -0.2) is 0 Å². The molecule has 0 aliphatic carbocycles. The Morgan fingerprint density at radius 3 is 1.18 bits per heavy atom. The van der Waals surface area contributed by atoms with Crippen molar-refractivity contribution in [1.82, 2.24) is 0 Å². The Kier molecular flexibility index (Phi) is 8.95. The highest BCUT2D eigenvalue weighted by molar-refractivity contribution is 8.00. The minimum atomic E-state index is -0.0747. The Hall–Kier alpha value is -8.32. The first kappa shape index (κ1) is 38.9. The lowest BCUT2D eigenvalue weighted by molar-refractivity contribution is 0.481. The minimum Gasteiger partial charge on any atom is -0.457 e. The molecule has 0 aromatic heterocycles. The van der Waals surface area contributed by atoms with Crippen molar-refractivity contribution in [2.24, 2.45) is 0 Å². The number of ether oxygens (including phenoxy) is 2. The number of nitrogens with zero attached hydrogens (tertiary/aromatic N) is 3. The first-order chi connectivity index (χ1) is 33.7. The van der Waals surface area contributed by atoms with E-state index in [2.05, 4.69) is 191 Å². The summed E-state index contributed by atoms with van der Waals surface area (Å²) in [6.45, 7) is -0.106. The summed E-state index contributed by atoms with van der Waals surface area (Å²) < 4.78 is 13.5. The SMILES string of the molecule is c1ccc(Oc2cc3c4c(c2)N(c2ccccc2)c2ccccc2B4c2cc4c(cc2S3)N(c2ccccc2)c2cc(Oc3ccccc3)cc3c2B4c2ccccc2N3c2ccccc2)cc1. The zero-order valence-electron chi connectivity index (χ0n) is 36.7. The average Bonchev–Trinajstić information content (AvgIpc) is 3.39. The number of anilines is 9. The van der Waals surface area contributed by atoms with Gasteiger partial charge < -0.3 is 24.2 Å². The van der Waals surface area contributed by atoms with Gasteiger partial charge in [0.2, 0.25) is 6.71 Å². The Morgan fingerprint density at radius 2 is 0.676 bits per heavy atom. The van der Waals surface area contributed by atoms with E-state index >= 15 is 0 Å². The standard InChI is InChI=1S/C60H39B2N3O2S/c1-6-20-40(21-7-1)63-51-32-18-16-30-47(51)61-49-38-50-57(39-53(49)65(42-24-10-3-11-25-42)55-35-45(34-54(63)59(55)61)66-43-26-12-4-13-27-43)68-58-37-46(67-44-28-14-5-15-29-44)36-56-60(58)62(50)48-31-17-19-33-52(48)64(56)41-22-8-2-9-23-41/h1-39H. The second-order valence-electron chi connectivity index (χ2n) is 17.6. The monoisotopic (exact) mass is 887 g/mol. The van der Waals surface area contributed by atoms with Crippen LogP contribution < -0.4 is 57.0 Å². The summed E-state index contributed by atoms with van der Waals surface area (Å²) in [5, 5.41) is 0. The predicted octanol–water partition coefficient (Wildman–Crippen LogP) is 12.1. The third-order valence-electron chi connectivity index (χ3n) is 13.7. The van der Waals surface area contributed by atoms with Crippen molar-refractivity contribution >= 4 is 109 Å². The van der Waals surface area contributed by atoms with Gasteiger partial charge in [0.25, 0.3) is 6.71 Å². The summed E-state index contributed by atoms with van der Waals surface area (Å²) >= 11 is 1.85. The molecule has 8 heteroatoms. The van der Waals surface area contributed by atoms with Crippen molar-refractivity contribution in [2.75, 3.05) is 14.7 Å². The van der Waals surface area contributed by atoms with Crippen molar-refractivity contribution in [3.63, 3.8) is 0 Å². The van der Waals surface area contributed by atoms with Gasteiger partial charge in [0, 0.05) is 79.2 Å². The van der Waals surface area contributed by atoms with Crippen molar-refractivity contribution in [3.8, 4) is 23.0 Å². The number of hydrogen-bond acceptors (Lipinski definition) is 6. The predicted molar refractivity (Wildman–Crippen MR) is 283 cm³/mol. The summed E-state index contributed by atoms with van der Waals surface area (Å²) in [5.74, 6) is 3.17. The minimum absolute atomic E-state index is 0.0316. The topological polar surface area (TPSA) is 28.2 Å². The number of rotatable bonds is 7. The molecule has 0 N–H and O–H groups in total. The third kappa shape index (κ3) is 6.14. The van der Waals surface area contributed by atoms with Gasteiger partial charge in [-0.15, -0.1) is 0 Å². The molecule has 0 unspecified atom stereocenters. The largest absolute Gasteiger partial charge is 0.457 e. The fourth-order valence-corrected chi connectivity index (χ4v) is 12.2. The quantitative estimate of drug-likeness (QED) is 0.148. The fraction of sp³-hybridized carbons (Fsp3) is 0. The smallest absolute Gasteiger partial charge is 0.252 e. The van der Waals surface area contributed by atoms with Crippen LogP contribution in [0.3, 0.4) is 0 Å². The van der Waals surface area contributed by atoms with E-state index in [0.717, 1.165) is 68.5 Å². The molecule has 4 aliphatic rings. The zero-order valence-corrected chi connectivity index (χ0v) is 37.6. The molecule has 14 rings (SSSR count). The maximum absolute atomic E-state index is 6.82. The zero-order chi connectivity index (χ0) is 44.7. The van der Waals surface area contributed by atoms with Crippen LogP contribution in [0.15, 0.2) is 246 Å². The van der Waals surface area contributed by atoms with Crippen LogP contribution in [-0.4, -0.2) is 13.4 Å². The van der Waals surface area contributed by atoms with Crippen LogP contribution >= 0.6 is 11.8 Å². The molecule has 68 heavy (non-hydrogen) atoms. The highest BCUT2D eigenvalue weighted by Crippen LogP contribution is 2.49. The molecule has 0 saturated heterocycles. The number of fused-ring (bicyclic) bond motifs is 8. The molecule has 5 nitrogen and oxygen atoms in total. The Labute approximate surface area is 400 Å². The fourth-order valence-electron chi connectivity index (χ4n) is 11.0. The van der Waals surface area contributed by atoms with Crippen molar-refractivity contribution in [3.05, 3.63) is 237 Å². The van der Waals surface area contributed by atoms with Crippen molar-refractivity contribution < 1.29 is 9.47 Å². The van der Waals surface area contributed by atoms with Gasteiger partial charge in [0.05, 0.1) is 0 Å². The molecule has 0 saturated carbocycles. The van der Waals surface area contributed by atoms with Gasteiger partial charge in [0.1, 0.15) is 23.0 Å². The lowest BCUT2D eigenvalue weighted by atomic mass is 9.31. The molecule has 0 bridgehead atoms. The number of para-hydroxylation sites is 7. The summed E-state index contributed by atoms with van der Waals surface area (Å²) in [7, 11) is 0. The van der Waals surface area contributed by atoms with Crippen molar-refractivity contribution in [1.29, 1.82) is 0 Å². The Balaban J connectivity index is 1.04. The van der Waals surface area contributed by atoms with Gasteiger partial charge in [-0.1, -0.05) is 151 Å². The maximum Gasteiger partial charge on any atom is 0.252 e. The third-order valence-corrected chi connectivity index (χ3v) is 14.9. The molecule has 4 aliphatic heterocycles. The molecule has 10 aromatic carbocycles. The normalized spacial score (nSPS) is 13.4. The Morgan fingerprint density at radius 1 is 0.279 bits per heavy atom. The summed E-state index contributed by atoms with van der Waals surface area (Å²) in [6, 6.07) is 84.5. The number of benzene rings is 10. The van der Waals surface area contributed by atoms with Crippen LogP contribution in [0, 0.1) is 0 Å². The van der Waals surface area contributed by atoms with Crippen LogP contribution in [-0.2, 0) is 0 Å². The van der Waals surface area contributed by atoms with Crippen LogP contribution in [0.25, 0.3) is 0 Å². The van der Waals surface area contributed by atoms with Gasteiger partial charge in [-0.2, -0.15) is 0 Å². The second-order valence-corrected chi connectivity index (χ2v) is 18.7. The van der Waals surface area contributed by atoms with Gasteiger partial charge in [0.15, 0.2) is 0 Å². The average molecular weight is 888 g/mol. The Bertz CT molecular complexity index is 3580. The first-order valence-corrected chi connectivity index (χ1v) is 24.0. The summed E-state index contributed by atoms with van der Waals surface area (Å²) in [4.78, 5) is 9.74. The van der Waals surface area contributed by atoms with Crippen molar-refractivity contribution in [2.45, 2.75) is 9.79 Å². The summed E-state index contributed by atoms with van der Waals surface area (Å²) in [5.41, 5.74) is 17.8. The van der Waals surface area contributed by atoms with Crippen LogP contribution in [0.2, 0.25) is 0 Å². The highest BCUT2D eigenvalue weighted by Gasteiger charge is 2.47. The van der Waals surface area contributed by atoms with Gasteiger partial charge >= 0.3 is 0 Å².